The van der Waals surface area contributed by atoms with E-state index in [-0.39, 0.29) is 42.2 Å². The Morgan fingerprint density at radius 2 is 1.79 bits per heavy atom. The van der Waals surface area contributed by atoms with E-state index in [0.29, 0.717) is 11.6 Å². The van der Waals surface area contributed by atoms with Gasteiger partial charge in [0, 0.05) is 44.5 Å². The van der Waals surface area contributed by atoms with E-state index in [1.54, 1.807) is 19.2 Å². The fourth-order valence-corrected chi connectivity index (χ4v) is 5.57. The van der Waals surface area contributed by atoms with Crippen molar-refractivity contribution >= 4 is 15.7 Å². The maximum Gasteiger partial charge on any atom is 0.419 e. The molecule has 1 aromatic heterocycles. The lowest BCUT2D eigenvalue weighted by molar-refractivity contribution is -0.139. The fourth-order valence-electron chi connectivity index (χ4n) is 4.08. The number of hydrogen-bond donors (Lipinski definition) is 1. The quantitative estimate of drug-likeness (QED) is 0.515. The van der Waals surface area contributed by atoms with E-state index in [1.165, 1.54) is 39.6 Å². The summed E-state index contributed by atoms with van der Waals surface area (Å²) < 4.78 is 95.2. The van der Waals surface area contributed by atoms with Gasteiger partial charge in [-0.05, 0) is 41.8 Å². The van der Waals surface area contributed by atoms with Gasteiger partial charge in [-0.15, -0.1) is 0 Å². The summed E-state index contributed by atoms with van der Waals surface area (Å²) in [4.78, 5) is 3.93. The van der Waals surface area contributed by atoms with Gasteiger partial charge in [-0.25, -0.2) is 22.2 Å². The van der Waals surface area contributed by atoms with E-state index in [1.807, 2.05) is 0 Å². The Hall–Kier alpha value is -2.99. The monoisotopic (exact) mass is 500 g/mol. The minimum absolute atomic E-state index is 0.0533. The summed E-state index contributed by atoms with van der Waals surface area (Å²) in [7, 11) is -2.27. The first-order valence-electron chi connectivity index (χ1n) is 10.3. The zero-order valence-electron chi connectivity index (χ0n) is 17.9. The molecule has 3 aromatic rings. The number of aryl methyl sites for hydroxylation is 1. The molecule has 182 valence electrons. The lowest BCUT2D eigenvalue weighted by Crippen LogP contribution is -2.30. The van der Waals surface area contributed by atoms with Crippen molar-refractivity contribution in [2.45, 2.75) is 17.1 Å². The summed E-state index contributed by atoms with van der Waals surface area (Å²) in [5.74, 6) is -2.53. The molecule has 2 aromatic carbocycles. The second kappa shape index (κ2) is 8.99. The molecule has 0 aliphatic carbocycles. The number of imidazole rings is 1. The van der Waals surface area contributed by atoms with Crippen LogP contribution in [-0.2, 0) is 23.2 Å². The zero-order valence-corrected chi connectivity index (χ0v) is 18.7. The average molecular weight is 500 g/mol. The Bertz CT molecular complexity index is 1280. The molecule has 0 spiro atoms. The van der Waals surface area contributed by atoms with E-state index in [4.69, 9.17) is 0 Å². The number of aromatic nitrogens is 2. The van der Waals surface area contributed by atoms with Crippen LogP contribution in [0.3, 0.4) is 0 Å². The molecule has 0 bridgehead atoms. The third kappa shape index (κ3) is 4.92. The van der Waals surface area contributed by atoms with Crippen molar-refractivity contribution in [1.82, 2.24) is 13.9 Å². The Morgan fingerprint density at radius 1 is 1.09 bits per heavy atom. The zero-order chi connectivity index (χ0) is 24.7. The van der Waals surface area contributed by atoms with Crippen LogP contribution in [0.1, 0.15) is 17.0 Å². The molecular weight excluding hydrogens is 479 g/mol. The second-order valence-corrected chi connectivity index (χ2v) is 10.1. The molecule has 4 rings (SSSR count). The number of anilines is 1. The van der Waals surface area contributed by atoms with Gasteiger partial charge in [-0.3, -0.25) is 0 Å². The molecule has 2 heterocycles. The molecular formula is C22H21F5N4O2S. The number of halogens is 5. The van der Waals surface area contributed by atoms with Crippen LogP contribution < -0.4 is 5.32 Å². The van der Waals surface area contributed by atoms with E-state index in [0.717, 1.165) is 6.07 Å². The van der Waals surface area contributed by atoms with Crippen LogP contribution in [0.15, 0.2) is 60.0 Å². The highest BCUT2D eigenvalue weighted by Crippen LogP contribution is 2.37. The molecule has 0 radical (unpaired) electrons. The van der Waals surface area contributed by atoms with Crippen LogP contribution in [0, 0.1) is 17.6 Å². The van der Waals surface area contributed by atoms with Crippen LogP contribution in [0.25, 0.3) is 0 Å². The highest BCUT2D eigenvalue weighted by molar-refractivity contribution is 7.89. The van der Waals surface area contributed by atoms with Gasteiger partial charge < -0.3 is 9.88 Å². The first kappa shape index (κ1) is 24.1. The minimum Gasteiger partial charge on any atom is -0.385 e. The SMILES string of the molecule is Cn1cnc(S(=O)(=O)N2C[C@H](CNc3ccc(F)c(C(F)(F)F)c3)[C@@H](c3ccc(F)cc3)C2)c1. The number of rotatable bonds is 6. The van der Waals surface area contributed by atoms with Gasteiger partial charge in [0.2, 0.25) is 0 Å². The molecule has 0 unspecified atom stereocenters. The molecule has 0 amide bonds. The van der Waals surface area contributed by atoms with Crippen LogP contribution in [0.2, 0.25) is 0 Å². The third-order valence-corrected chi connectivity index (χ3v) is 7.55. The fraction of sp³-hybridized carbons (Fsp3) is 0.318. The summed E-state index contributed by atoms with van der Waals surface area (Å²) in [6.45, 7) is 0.272. The second-order valence-electron chi connectivity index (χ2n) is 8.19. The van der Waals surface area contributed by atoms with Gasteiger partial charge in [0.05, 0.1) is 11.9 Å². The van der Waals surface area contributed by atoms with Gasteiger partial charge >= 0.3 is 6.18 Å². The summed E-state index contributed by atoms with van der Waals surface area (Å²) in [6.07, 6.45) is -2.10. The van der Waals surface area contributed by atoms with Gasteiger partial charge in [-0.2, -0.15) is 17.5 Å². The van der Waals surface area contributed by atoms with Gasteiger partial charge in [0.1, 0.15) is 11.6 Å². The van der Waals surface area contributed by atoms with Crippen LogP contribution >= 0.6 is 0 Å². The minimum atomic E-state index is -4.85. The van der Waals surface area contributed by atoms with Gasteiger partial charge in [0.25, 0.3) is 10.0 Å². The maximum absolute atomic E-state index is 13.6. The number of nitrogens with zero attached hydrogens (tertiary/aromatic N) is 3. The standard InChI is InChI=1S/C22H21F5N4O2S/c1-30-12-21(29-13-30)34(32,33)31-10-15(18(11-31)14-2-4-16(23)5-3-14)9-28-17-6-7-20(24)19(8-17)22(25,26)27/h2-8,12-13,15,18,28H,9-11H2,1H3/t15-,18+/m0/s1. The number of alkyl halides is 3. The molecule has 1 aliphatic rings. The largest absolute Gasteiger partial charge is 0.419 e. The summed E-state index contributed by atoms with van der Waals surface area (Å²) in [5.41, 5.74) is -0.641. The predicted molar refractivity (Wildman–Crippen MR) is 114 cm³/mol. The van der Waals surface area contributed by atoms with E-state index >= 15 is 0 Å². The number of sulfonamides is 1. The summed E-state index contributed by atoms with van der Waals surface area (Å²) in [6, 6.07) is 8.26. The number of benzene rings is 2. The molecule has 1 N–H and O–H groups in total. The average Bonchev–Trinajstić information content (AvgIpc) is 3.40. The van der Waals surface area contributed by atoms with Gasteiger partial charge in [0.15, 0.2) is 5.03 Å². The first-order chi connectivity index (χ1) is 15.9. The number of hydrogen-bond acceptors (Lipinski definition) is 4. The highest BCUT2D eigenvalue weighted by atomic mass is 32.2. The molecule has 1 saturated heterocycles. The normalized spacial score (nSPS) is 19.5. The third-order valence-electron chi connectivity index (χ3n) is 5.83. The Labute approximate surface area is 193 Å². The molecule has 1 fully saturated rings. The van der Waals surface area contributed by atoms with Gasteiger partial charge in [-0.1, -0.05) is 12.1 Å². The van der Waals surface area contributed by atoms with Crippen molar-refractivity contribution in [2.24, 2.45) is 13.0 Å². The Morgan fingerprint density at radius 3 is 2.41 bits per heavy atom. The van der Waals surface area contributed by atoms with Crippen LogP contribution in [0.4, 0.5) is 27.6 Å². The molecule has 0 saturated carbocycles. The lowest BCUT2D eigenvalue weighted by Gasteiger charge is -2.20. The summed E-state index contributed by atoms with van der Waals surface area (Å²) in [5, 5.41) is 2.76. The Balaban J connectivity index is 1.59. The van der Waals surface area contributed by atoms with Crippen molar-refractivity contribution in [1.29, 1.82) is 0 Å². The topological polar surface area (TPSA) is 67.2 Å². The predicted octanol–water partition coefficient (Wildman–Crippen LogP) is 4.23. The van der Waals surface area contributed by atoms with Crippen molar-refractivity contribution in [2.75, 3.05) is 25.0 Å². The molecule has 6 nitrogen and oxygen atoms in total. The van der Waals surface area contributed by atoms with Crippen molar-refractivity contribution in [3.63, 3.8) is 0 Å². The molecule has 34 heavy (non-hydrogen) atoms. The maximum atomic E-state index is 13.6. The van der Waals surface area contributed by atoms with E-state index in [2.05, 4.69) is 10.3 Å². The smallest absolute Gasteiger partial charge is 0.385 e. The number of nitrogens with one attached hydrogen (secondary N) is 1. The van der Waals surface area contributed by atoms with Crippen LogP contribution in [-0.4, -0.2) is 41.9 Å². The summed E-state index contributed by atoms with van der Waals surface area (Å²) >= 11 is 0. The Kier molecular flexibility index (Phi) is 6.38. The molecule has 1 aliphatic heterocycles. The molecule has 2 atom stereocenters. The van der Waals surface area contributed by atoms with E-state index < -0.39 is 33.4 Å². The lowest BCUT2D eigenvalue weighted by atomic mass is 9.89. The van der Waals surface area contributed by atoms with Crippen LogP contribution in [0.5, 0.6) is 0 Å². The highest BCUT2D eigenvalue weighted by Gasteiger charge is 2.41. The van der Waals surface area contributed by atoms with Crippen molar-refractivity contribution < 1.29 is 30.4 Å². The first-order valence-corrected chi connectivity index (χ1v) is 11.7. The molecule has 12 heteroatoms. The van der Waals surface area contributed by atoms with Crippen molar-refractivity contribution in [3.05, 3.63) is 77.8 Å². The van der Waals surface area contributed by atoms with Crippen molar-refractivity contribution in [3.8, 4) is 0 Å². The van der Waals surface area contributed by atoms with E-state index in [9.17, 15) is 30.4 Å².